The molecule has 3 aromatic rings. The van der Waals surface area contributed by atoms with Gasteiger partial charge in [0.1, 0.15) is 16.2 Å². The van der Waals surface area contributed by atoms with Crippen LogP contribution >= 0.6 is 28.1 Å². The summed E-state index contributed by atoms with van der Waals surface area (Å²) < 4.78 is 31.6. The molecule has 0 radical (unpaired) electrons. The van der Waals surface area contributed by atoms with Gasteiger partial charge < -0.3 is 4.18 Å². The average molecular weight is 557 g/mol. The smallest absolute Gasteiger partial charge is 0.339 e. The Morgan fingerprint density at radius 1 is 1.00 bits per heavy atom. The lowest BCUT2D eigenvalue weighted by Gasteiger charge is -2.28. The van der Waals surface area contributed by atoms with Crippen LogP contribution in [0.25, 0.3) is 6.08 Å². The highest BCUT2D eigenvalue weighted by Gasteiger charge is 2.34. The average Bonchev–Trinajstić information content (AvgIpc) is 2.79. The van der Waals surface area contributed by atoms with Crippen molar-refractivity contribution in [1.29, 1.82) is 0 Å². The molecule has 1 aliphatic rings. The summed E-state index contributed by atoms with van der Waals surface area (Å²) in [7, 11) is -4.16. The number of hydrogen-bond acceptors (Lipinski definition) is 6. The van der Waals surface area contributed by atoms with E-state index in [4.69, 9.17) is 16.4 Å². The minimum atomic E-state index is -4.16. The van der Waals surface area contributed by atoms with Gasteiger partial charge in [0.2, 0.25) is 0 Å². The van der Waals surface area contributed by atoms with Crippen LogP contribution in [0.15, 0.2) is 87.7 Å². The van der Waals surface area contributed by atoms with Crippen molar-refractivity contribution in [2.75, 3.05) is 4.90 Å². The van der Waals surface area contributed by atoms with E-state index in [1.165, 1.54) is 29.2 Å². The van der Waals surface area contributed by atoms with Gasteiger partial charge in [-0.1, -0.05) is 51.8 Å². The third kappa shape index (κ3) is 4.93. The van der Waals surface area contributed by atoms with Crippen LogP contribution in [0.1, 0.15) is 11.1 Å². The fourth-order valence-electron chi connectivity index (χ4n) is 3.20. The molecule has 1 N–H and O–H groups in total. The number of para-hydroxylation sites is 1. The molecule has 0 bridgehead atoms. The zero-order valence-corrected chi connectivity index (χ0v) is 20.9. The maximum absolute atomic E-state index is 13.2. The highest BCUT2D eigenvalue weighted by atomic mass is 79.9. The van der Waals surface area contributed by atoms with E-state index >= 15 is 0 Å². The van der Waals surface area contributed by atoms with Crippen molar-refractivity contribution in [3.8, 4) is 5.75 Å². The SMILES string of the molecule is Cc1ccc(S(=O)(=O)Oc2ccc(Br)cc2/C=C2/C(=O)NC(=S)N(c3ccccc3)C2=O)cc1. The standard InChI is InChI=1S/C24H17BrN2O5S2/c1-15-7-10-19(11-8-15)34(30,31)32-21-12-9-17(25)13-16(21)14-20-22(28)26-24(33)27(23(20)29)18-5-3-2-4-6-18/h2-14H,1H3,(H,26,28,33)/b20-14-. The van der Waals surface area contributed by atoms with E-state index in [1.54, 1.807) is 54.6 Å². The number of hydrogen-bond donors (Lipinski definition) is 1. The summed E-state index contributed by atoms with van der Waals surface area (Å²) in [5.41, 5.74) is 1.37. The highest BCUT2D eigenvalue weighted by Crippen LogP contribution is 2.30. The van der Waals surface area contributed by atoms with E-state index in [0.29, 0.717) is 10.2 Å². The summed E-state index contributed by atoms with van der Waals surface area (Å²) in [6, 6.07) is 19.4. The highest BCUT2D eigenvalue weighted by molar-refractivity contribution is 9.10. The Bertz CT molecular complexity index is 1440. The Labute approximate surface area is 210 Å². The van der Waals surface area contributed by atoms with Gasteiger partial charge >= 0.3 is 10.1 Å². The molecule has 34 heavy (non-hydrogen) atoms. The van der Waals surface area contributed by atoms with Gasteiger partial charge in [-0.2, -0.15) is 8.42 Å². The fraction of sp³-hybridized carbons (Fsp3) is 0.0417. The first kappa shape index (κ1) is 23.8. The lowest BCUT2D eigenvalue weighted by molar-refractivity contribution is -0.122. The zero-order valence-electron chi connectivity index (χ0n) is 17.7. The number of carbonyl (C=O) groups excluding carboxylic acids is 2. The van der Waals surface area contributed by atoms with Gasteiger partial charge in [0.25, 0.3) is 11.8 Å². The second-order valence-corrected chi connectivity index (χ2v) is 10.2. The molecule has 0 atom stereocenters. The first-order chi connectivity index (χ1) is 16.2. The van der Waals surface area contributed by atoms with Gasteiger partial charge in [-0.15, -0.1) is 0 Å². The first-order valence-electron chi connectivity index (χ1n) is 9.93. The van der Waals surface area contributed by atoms with Crippen LogP contribution in [-0.4, -0.2) is 25.3 Å². The van der Waals surface area contributed by atoms with Crippen LogP contribution in [0.4, 0.5) is 5.69 Å². The summed E-state index contributed by atoms with van der Waals surface area (Å²) in [6.45, 7) is 1.84. The van der Waals surface area contributed by atoms with Crippen molar-refractivity contribution in [1.82, 2.24) is 5.32 Å². The number of rotatable bonds is 5. The summed E-state index contributed by atoms with van der Waals surface area (Å²) in [5.74, 6) is -1.39. The van der Waals surface area contributed by atoms with Crippen LogP contribution in [0.3, 0.4) is 0 Å². The molecule has 0 unspecified atom stereocenters. The summed E-state index contributed by atoms with van der Waals surface area (Å²) >= 11 is 8.53. The molecular formula is C24H17BrN2O5S2. The van der Waals surface area contributed by atoms with Gasteiger partial charge in [-0.25, -0.2) is 0 Å². The third-order valence-electron chi connectivity index (χ3n) is 4.90. The lowest BCUT2D eigenvalue weighted by atomic mass is 10.1. The van der Waals surface area contributed by atoms with Gasteiger partial charge in [0.15, 0.2) is 5.11 Å². The molecule has 0 aromatic heterocycles. The molecular weight excluding hydrogens is 540 g/mol. The summed E-state index contributed by atoms with van der Waals surface area (Å²) in [6.07, 6.45) is 1.28. The molecule has 1 heterocycles. The van der Waals surface area contributed by atoms with Gasteiger partial charge in [-0.3, -0.25) is 19.8 Å². The van der Waals surface area contributed by atoms with E-state index < -0.39 is 21.9 Å². The Morgan fingerprint density at radius 2 is 1.68 bits per heavy atom. The Morgan fingerprint density at radius 3 is 2.35 bits per heavy atom. The Kier molecular flexibility index (Phi) is 6.65. The summed E-state index contributed by atoms with van der Waals surface area (Å²) in [5, 5.41) is 2.45. The monoisotopic (exact) mass is 556 g/mol. The van der Waals surface area contributed by atoms with E-state index in [1.807, 2.05) is 6.92 Å². The van der Waals surface area contributed by atoms with Gasteiger partial charge in [0, 0.05) is 10.0 Å². The molecule has 4 rings (SSSR count). The first-order valence-corrected chi connectivity index (χ1v) is 12.5. The molecule has 1 saturated heterocycles. The minimum Gasteiger partial charge on any atom is -0.378 e. The number of nitrogens with one attached hydrogen (secondary N) is 1. The molecule has 0 saturated carbocycles. The molecule has 2 amide bonds. The fourth-order valence-corrected chi connectivity index (χ4v) is 4.82. The van der Waals surface area contributed by atoms with Crippen LogP contribution < -0.4 is 14.4 Å². The van der Waals surface area contributed by atoms with Gasteiger partial charge in [0.05, 0.1) is 5.69 Å². The van der Waals surface area contributed by atoms with Crippen molar-refractivity contribution >= 4 is 67.0 Å². The van der Waals surface area contributed by atoms with Crippen LogP contribution in [0, 0.1) is 6.92 Å². The van der Waals surface area contributed by atoms with Crippen LogP contribution in [0.2, 0.25) is 0 Å². The maximum atomic E-state index is 13.2. The van der Waals surface area contributed by atoms with E-state index in [2.05, 4.69) is 21.2 Å². The van der Waals surface area contributed by atoms with Crippen molar-refractivity contribution in [3.63, 3.8) is 0 Å². The molecule has 3 aromatic carbocycles. The van der Waals surface area contributed by atoms with Crippen molar-refractivity contribution in [2.24, 2.45) is 0 Å². The molecule has 1 aliphatic heterocycles. The van der Waals surface area contributed by atoms with E-state index in [-0.39, 0.29) is 26.9 Å². The second kappa shape index (κ2) is 9.49. The number of nitrogens with zero attached hydrogens (tertiary/aromatic N) is 1. The van der Waals surface area contributed by atoms with E-state index in [0.717, 1.165) is 5.56 Å². The lowest BCUT2D eigenvalue weighted by Crippen LogP contribution is -2.54. The number of anilines is 1. The quantitative estimate of drug-likeness (QED) is 0.217. The normalized spacial score (nSPS) is 15.4. The molecule has 10 heteroatoms. The van der Waals surface area contributed by atoms with Gasteiger partial charge in [-0.05, 0) is 67.7 Å². The molecule has 172 valence electrons. The number of carbonyl (C=O) groups is 2. The minimum absolute atomic E-state index is 0.0216. The zero-order chi connectivity index (χ0) is 24.5. The number of amides is 2. The molecule has 7 nitrogen and oxygen atoms in total. The molecule has 0 aliphatic carbocycles. The molecule has 1 fully saturated rings. The third-order valence-corrected chi connectivity index (χ3v) is 6.92. The number of benzene rings is 3. The predicted octanol–water partition coefficient (Wildman–Crippen LogP) is 4.36. The molecule has 0 spiro atoms. The number of aryl methyl sites for hydroxylation is 1. The Balaban J connectivity index is 1.74. The number of halogens is 1. The summed E-state index contributed by atoms with van der Waals surface area (Å²) in [4.78, 5) is 27.0. The maximum Gasteiger partial charge on any atom is 0.339 e. The van der Waals surface area contributed by atoms with Crippen molar-refractivity contribution < 1.29 is 22.2 Å². The van der Waals surface area contributed by atoms with Crippen LogP contribution in [-0.2, 0) is 19.7 Å². The van der Waals surface area contributed by atoms with E-state index in [9.17, 15) is 18.0 Å². The predicted molar refractivity (Wildman–Crippen MR) is 136 cm³/mol. The van der Waals surface area contributed by atoms with Crippen LogP contribution in [0.5, 0.6) is 5.75 Å². The topological polar surface area (TPSA) is 92.8 Å². The van der Waals surface area contributed by atoms with Crippen molar-refractivity contribution in [2.45, 2.75) is 11.8 Å². The number of thiocarbonyl (C=S) groups is 1. The van der Waals surface area contributed by atoms with Crippen molar-refractivity contribution in [3.05, 3.63) is 94.0 Å². The largest absolute Gasteiger partial charge is 0.378 e. The second-order valence-electron chi connectivity index (χ2n) is 7.33. The Hall–Kier alpha value is -3.34.